The lowest BCUT2D eigenvalue weighted by atomic mass is 10.0. The molecule has 0 unspecified atom stereocenters. The van der Waals surface area contributed by atoms with Crippen LogP contribution in [0, 0.1) is 5.92 Å². The maximum atomic E-state index is 12.4. The van der Waals surface area contributed by atoms with E-state index >= 15 is 0 Å². The third-order valence-corrected chi connectivity index (χ3v) is 3.53. The zero-order valence-electron chi connectivity index (χ0n) is 12.9. The topological polar surface area (TPSA) is 23.6 Å². The quantitative estimate of drug-likeness (QED) is 0.717. The number of halogens is 2. The van der Waals surface area contributed by atoms with E-state index in [9.17, 15) is 4.79 Å². The summed E-state index contributed by atoms with van der Waals surface area (Å²) in [7, 11) is 7.87. The Balaban J connectivity index is 2.81. The van der Waals surface area contributed by atoms with Crippen molar-refractivity contribution in [1.29, 1.82) is 0 Å². The number of rotatable bonds is 7. The van der Waals surface area contributed by atoms with Crippen LogP contribution in [0.3, 0.4) is 0 Å². The monoisotopic (exact) mass is 328 g/mol. The summed E-state index contributed by atoms with van der Waals surface area (Å²) >= 11 is 12.0. The van der Waals surface area contributed by atoms with Crippen molar-refractivity contribution in [2.75, 3.05) is 41.3 Å². The van der Waals surface area contributed by atoms with Gasteiger partial charge in [-0.05, 0) is 58.0 Å². The van der Waals surface area contributed by atoms with Crippen LogP contribution in [0.2, 0.25) is 10.0 Å². The van der Waals surface area contributed by atoms with Crippen molar-refractivity contribution in [2.24, 2.45) is 5.92 Å². The summed E-state index contributed by atoms with van der Waals surface area (Å²) in [5.41, 5.74) is 0.794. The first kappa shape index (κ1) is 18.2. The van der Waals surface area contributed by atoms with Crippen LogP contribution >= 0.6 is 23.2 Å². The number of benzene rings is 1. The minimum absolute atomic E-state index is 0.0580. The first-order valence-corrected chi connectivity index (χ1v) is 7.51. The maximum Gasteiger partial charge on any atom is 0.161 e. The molecular formula is C16H22Cl2N2O. The molecule has 0 radical (unpaired) electrons. The highest BCUT2D eigenvalue weighted by atomic mass is 35.5. The van der Waals surface area contributed by atoms with Crippen LogP contribution in [0.15, 0.2) is 24.3 Å². The van der Waals surface area contributed by atoms with Crippen molar-refractivity contribution >= 4 is 35.1 Å². The second kappa shape index (κ2) is 8.54. The summed E-state index contributed by atoms with van der Waals surface area (Å²) in [5, 5.41) is 1.13. The SMILES string of the molecule is CN(C)CC(CN(C)C)C(=O)C=Cc1ccc(Cl)cc1Cl. The van der Waals surface area contributed by atoms with Gasteiger partial charge in [-0.3, -0.25) is 4.79 Å². The number of carbonyl (C=O) groups excluding carboxylic acids is 1. The van der Waals surface area contributed by atoms with Gasteiger partial charge in [0.25, 0.3) is 0 Å². The van der Waals surface area contributed by atoms with E-state index in [0.717, 1.165) is 18.7 Å². The van der Waals surface area contributed by atoms with Crippen molar-refractivity contribution in [3.8, 4) is 0 Å². The van der Waals surface area contributed by atoms with E-state index in [1.807, 2.05) is 38.0 Å². The second-order valence-corrected chi connectivity index (χ2v) is 6.47. The van der Waals surface area contributed by atoms with E-state index in [4.69, 9.17) is 23.2 Å². The summed E-state index contributed by atoms with van der Waals surface area (Å²) in [4.78, 5) is 16.4. The van der Waals surface area contributed by atoms with Crippen LogP contribution in [0.4, 0.5) is 0 Å². The fourth-order valence-corrected chi connectivity index (χ4v) is 2.54. The number of nitrogens with zero attached hydrogens (tertiary/aromatic N) is 2. The third kappa shape index (κ3) is 6.62. The summed E-state index contributed by atoms with van der Waals surface area (Å²) in [6.45, 7) is 1.44. The molecule has 0 atom stereocenters. The minimum Gasteiger partial charge on any atom is -0.309 e. The fourth-order valence-electron chi connectivity index (χ4n) is 2.06. The van der Waals surface area contributed by atoms with Gasteiger partial charge in [0.2, 0.25) is 0 Å². The smallest absolute Gasteiger partial charge is 0.161 e. The lowest BCUT2D eigenvalue weighted by molar-refractivity contribution is -0.119. The van der Waals surface area contributed by atoms with E-state index in [2.05, 4.69) is 0 Å². The predicted molar refractivity (Wildman–Crippen MR) is 91.1 cm³/mol. The maximum absolute atomic E-state index is 12.4. The van der Waals surface area contributed by atoms with Crippen molar-refractivity contribution in [3.05, 3.63) is 39.9 Å². The van der Waals surface area contributed by atoms with Gasteiger partial charge in [0.1, 0.15) is 0 Å². The molecular weight excluding hydrogens is 307 g/mol. The molecule has 0 spiro atoms. The van der Waals surface area contributed by atoms with Gasteiger partial charge in [-0.25, -0.2) is 0 Å². The van der Waals surface area contributed by atoms with Crippen LogP contribution in [0.5, 0.6) is 0 Å². The molecule has 0 aliphatic carbocycles. The molecule has 0 heterocycles. The van der Waals surface area contributed by atoms with Crippen LogP contribution in [0.25, 0.3) is 6.08 Å². The number of allylic oxidation sites excluding steroid dienone is 1. The summed E-state index contributed by atoms with van der Waals surface area (Å²) in [6.07, 6.45) is 3.35. The Labute approximate surface area is 137 Å². The number of hydrogen-bond acceptors (Lipinski definition) is 3. The number of carbonyl (C=O) groups is 1. The highest BCUT2D eigenvalue weighted by molar-refractivity contribution is 6.35. The van der Waals surface area contributed by atoms with Crippen LogP contribution < -0.4 is 0 Å². The molecule has 3 nitrogen and oxygen atoms in total. The Morgan fingerprint density at radius 2 is 1.71 bits per heavy atom. The van der Waals surface area contributed by atoms with E-state index in [-0.39, 0.29) is 11.7 Å². The second-order valence-electron chi connectivity index (χ2n) is 5.62. The number of ketones is 1. The molecule has 0 fully saturated rings. The first-order chi connectivity index (χ1) is 9.79. The van der Waals surface area contributed by atoms with Crippen molar-refractivity contribution < 1.29 is 4.79 Å². The average Bonchev–Trinajstić information content (AvgIpc) is 2.35. The Bertz CT molecular complexity index is 503. The molecule has 0 bridgehead atoms. The van der Waals surface area contributed by atoms with Crippen molar-refractivity contribution in [3.63, 3.8) is 0 Å². The molecule has 5 heteroatoms. The van der Waals surface area contributed by atoms with E-state index in [1.165, 1.54) is 0 Å². The Kier molecular flexibility index (Phi) is 7.40. The summed E-state index contributed by atoms with van der Waals surface area (Å²) in [6, 6.07) is 5.24. The predicted octanol–water partition coefficient (Wildman–Crippen LogP) is 3.32. The van der Waals surface area contributed by atoms with Gasteiger partial charge in [0.15, 0.2) is 5.78 Å². The number of hydrogen-bond donors (Lipinski definition) is 0. The van der Waals surface area contributed by atoms with Gasteiger partial charge in [-0.1, -0.05) is 29.3 Å². The standard InChI is InChI=1S/C16H22Cl2N2O/c1-19(2)10-13(11-20(3)4)16(21)8-6-12-5-7-14(17)9-15(12)18/h5-9,13H,10-11H2,1-4H3. The largest absolute Gasteiger partial charge is 0.309 e. The normalized spacial score (nSPS) is 12.0. The summed E-state index contributed by atoms with van der Waals surface area (Å²) < 4.78 is 0. The van der Waals surface area contributed by atoms with Gasteiger partial charge < -0.3 is 9.80 Å². The van der Waals surface area contributed by atoms with Crippen LogP contribution in [-0.4, -0.2) is 56.9 Å². The van der Waals surface area contributed by atoms with E-state index in [0.29, 0.717) is 10.0 Å². The lowest BCUT2D eigenvalue weighted by Gasteiger charge is -2.22. The van der Waals surface area contributed by atoms with Gasteiger partial charge in [0.05, 0.1) is 0 Å². The molecule has 0 aliphatic rings. The molecule has 0 N–H and O–H groups in total. The molecule has 116 valence electrons. The Hall–Kier alpha value is -0.870. The highest BCUT2D eigenvalue weighted by Gasteiger charge is 2.17. The average molecular weight is 329 g/mol. The molecule has 21 heavy (non-hydrogen) atoms. The molecule has 0 aromatic heterocycles. The molecule has 0 amide bonds. The molecule has 1 aromatic carbocycles. The van der Waals surface area contributed by atoms with Gasteiger partial charge in [-0.15, -0.1) is 0 Å². The van der Waals surface area contributed by atoms with Crippen LogP contribution in [-0.2, 0) is 4.79 Å². The van der Waals surface area contributed by atoms with Crippen molar-refractivity contribution in [2.45, 2.75) is 0 Å². The zero-order chi connectivity index (χ0) is 16.0. The van der Waals surface area contributed by atoms with Gasteiger partial charge in [0, 0.05) is 29.1 Å². The molecule has 0 aliphatic heterocycles. The summed E-state index contributed by atoms with van der Waals surface area (Å²) in [5.74, 6) is 0.0424. The molecule has 0 saturated heterocycles. The molecule has 0 saturated carbocycles. The van der Waals surface area contributed by atoms with Crippen molar-refractivity contribution in [1.82, 2.24) is 9.80 Å². The third-order valence-electron chi connectivity index (χ3n) is 2.96. The van der Waals surface area contributed by atoms with Gasteiger partial charge >= 0.3 is 0 Å². The Morgan fingerprint density at radius 1 is 1.14 bits per heavy atom. The molecule has 1 rings (SSSR count). The van der Waals surface area contributed by atoms with Crippen LogP contribution in [0.1, 0.15) is 5.56 Å². The lowest BCUT2D eigenvalue weighted by Crippen LogP contribution is -2.34. The van der Waals surface area contributed by atoms with E-state index < -0.39 is 0 Å². The Morgan fingerprint density at radius 3 is 2.19 bits per heavy atom. The van der Waals surface area contributed by atoms with Gasteiger partial charge in [-0.2, -0.15) is 0 Å². The highest BCUT2D eigenvalue weighted by Crippen LogP contribution is 2.22. The zero-order valence-corrected chi connectivity index (χ0v) is 14.4. The first-order valence-electron chi connectivity index (χ1n) is 6.76. The van der Waals surface area contributed by atoms with E-state index in [1.54, 1.807) is 30.4 Å². The molecule has 1 aromatic rings. The fraction of sp³-hybridized carbons (Fsp3) is 0.438. The minimum atomic E-state index is -0.0580.